The van der Waals surface area contributed by atoms with Crippen molar-refractivity contribution < 1.29 is 9.53 Å². The molecule has 0 aromatic heterocycles. The predicted molar refractivity (Wildman–Crippen MR) is 63.7 cm³/mol. The van der Waals surface area contributed by atoms with E-state index in [-0.39, 0.29) is 12.2 Å². The molecule has 1 heterocycles. The van der Waals surface area contributed by atoms with Crippen molar-refractivity contribution in [2.24, 2.45) is 4.99 Å². The summed E-state index contributed by atoms with van der Waals surface area (Å²) in [5, 5.41) is 0.814. The molecule has 0 unspecified atom stereocenters. The molecular formula is C11H9Cl2NO2. The van der Waals surface area contributed by atoms with Crippen LogP contribution in [0, 0.1) is 0 Å². The van der Waals surface area contributed by atoms with Crippen molar-refractivity contribution in [2.75, 3.05) is 13.2 Å². The van der Waals surface area contributed by atoms with Crippen LogP contribution in [0.2, 0.25) is 10.0 Å². The van der Waals surface area contributed by atoms with E-state index >= 15 is 0 Å². The lowest BCUT2D eigenvalue weighted by Crippen LogP contribution is -2.08. The molecule has 0 atom stereocenters. The van der Waals surface area contributed by atoms with Crippen LogP contribution in [0.15, 0.2) is 23.2 Å². The van der Waals surface area contributed by atoms with Gasteiger partial charge in [0.15, 0.2) is 11.7 Å². The molecule has 1 aliphatic heterocycles. The Morgan fingerprint density at radius 2 is 2.19 bits per heavy atom. The second-order valence-electron chi connectivity index (χ2n) is 3.35. The topological polar surface area (TPSA) is 38.7 Å². The highest BCUT2D eigenvalue weighted by Crippen LogP contribution is 2.23. The Morgan fingerprint density at radius 3 is 2.81 bits per heavy atom. The first-order chi connectivity index (χ1) is 7.66. The molecule has 16 heavy (non-hydrogen) atoms. The second-order valence-corrected chi connectivity index (χ2v) is 4.17. The third kappa shape index (κ3) is 2.54. The van der Waals surface area contributed by atoms with Crippen molar-refractivity contribution in [3.63, 3.8) is 0 Å². The monoisotopic (exact) mass is 257 g/mol. The maximum Gasteiger partial charge on any atom is 0.191 e. The number of nitrogens with zero attached hydrogens (tertiary/aromatic N) is 1. The Hall–Kier alpha value is -1.06. The van der Waals surface area contributed by atoms with Gasteiger partial charge in [0.2, 0.25) is 0 Å². The number of ether oxygens (including phenoxy) is 1. The highest BCUT2D eigenvalue weighted by atomic mass is 35.5. The van der Waals surface area contributed by atoms with Crippen LogP contribution in [0.3, 0.4) is 0 Å². The van der Waals surface area contributed by atoms with Crippen LogP contribution >= 0.6 is 23.2 Å². The molecule has 0 fully saturated rings. The first-order valence-corrected chi connectivity index (χ1v) is 5.57. The minimum Gasteiger partial charge on any atom is -0.479 e. The van der Waals surface area contributed by atoms with Crippen LogP contribution < -0.4 is 0 Å². The van der Waals surface area contributed by atoms with Gasteiger partial charge in [0, 0.05) is 5.56 Å². The Labute approximate surface area is 103 Å². The fourth-order valence-electron chi connectivity index (χ4n) is 1.40. The van der Waals surface area contributed by atoms with Crippen molar-refractivity contribution in [3.8, 4) is 0 Å². The predicted octanol–water partition coefficient (Wildman–Crippen LogP) is 2.99. The molecular weight excluding hydrogens is 249 g/mol. The molecule has 1 aromatic carbocycles. The summed E-state index contributed by atoms with van der Waals surface area (Å²) in [6, 6.07) is 4.81. The summed E-state index contributed by atoms with van der Waals surface area (Å²) in [5.74, 6) is 0.426. The second kappa shape index (κ2) is 4.85. The van der Waals surface area contributed by atoms with E-state index in [1.165, 1.54) is 0 Å². The summed E-state index contributed by atoms with van der Waals surface area (Å²) < 4.78 is 5.17. The molecule has 3 nitrogen and oxygen atoms in total. The Morgan fingerprint density at radius 1 is 1.38 bits per heavy atom. The lowest BCUT2D eigenvalue weighted by molar-refractivity contribution is 0.0994. The number of rotatable bonds is 3. The Kier molecular flexibility index (Phi) is 3.46. The maximum atomic E-state index is 11.8. The van der Waals surface area contributed by atoms with Gasteiger partial charge in [-0.25, -0.2) is 0 Å². The molecule has 0 N–H and O–H groups in total. The average molecular weight is 258 g/mol. The molecule has 0 radical (unpaired) electrons. The van der Waals surface area contributed by atoms with Crippen LogP contribution in [-0.4, -0.2) is 24.8 Å². The van der Waals surface area contributed by atoms with Gasteiger partial charge in [0.05, 0.1) is 23.0 Å². The number of halogens is 2. The van der Waals surface area contributed by atoms with Crippen molar-refractivity contribution in [2.45, 2.75) is 6.42 Å². The van der Waals surface area contributed by atoms with Crippen molar-refractivity contribution in [1.82, 2.24) is 0 Å². The zero-order valence-corrected chi connectivity index (χ0v) is 9.88. The molecule has 2 rings (SSSR count). The molecule has 84 valence electrons. The molecule has 0 amide bonds. The van der Waals surface area contributed by atoms with E-state index in [0.717, 1.165) is 0 Å². The number of ketones is 1. The van der Waals surface area contributed by atoms with Crippen molar-refractivity contribution in [3.05, 3.63) is 33.8 Å². The normalized spacial score (nSPS) is 14.5. The van der Waals surface area contributed by atoms with E-state index in [1.54, 1.807) is 18.2 Å². The lowest BCUT2D eigenvalue weighted by atomic mass is 10.1. The number of carbonyl (C=O) groups excluding carboxylic acids is 1. The molecule has 0 spiro atoms. The SMILES string of the molecule is O=C(CC1=NCCO1)c1ccc(Cl)c(Cl)c1. The largest absolute Gasteiger partial charge is 0.479 e. The summed E-state index contributed by atoms with van der Waals surface area (Å²) in [6.07, 6.45) is 0.179. The van der Waals surface area contributed by atoms with Gasteiger partial charge in [0.1, 0.15) is 6.61 Å². The quantitative estimate of drug-likeness (QED) is 0.781. The standard InChI is InChI=1S/C11H9Cl2NO2/c12-8-2-1-7(5-9(8)13)10(15)6-11-14-3-4-16-11/h1-2,5H,3-4,6H2. The Bertz CT molecular complexity index is 457. The van der Waals surface area contributed by atoms with Gasteiger partial charge in [-0.15, -0.1) is 0 Å². The highest BCUT2D eigenvalue weighted by molar-refractivity contribution is 6.42. The van der Waals surface area contributed by atoms with Gasteiger partial charge in [0.25, 0.3) is 0 Å². The summed E-state index contributed by atoms with van der Waals surface area (Å²) in [5.41, 5.74) is 0.521. The van der Waals surface area contributed by atoms with E-state index in [1.807, 2.05) is 0 Å². The van der Waals surface area contributed by atoms with Gasteiger partial charge in [-0.3, -0.25) is 9.79 Å². The van der Waals surface area contributed by atoms with Crippen LogP contribution in [0.4, 0.5) is 0 Å². The van der Waals surface area contributed by atoms with Crippen molar-refractivity contribution >= 4 is 34.9 Å². The number of aliphatic imine (C=N–C) groups is 1. The third-order valence-electron chi connectivity index (χ3n) is 2.20. The third-order valence-corrected chi connectivity index (χ3v) is 2.94. The van der Waals surface area contributed by atoms with E-state index in [0.29, 0.717) is 34.7 Å². The van der Waals surface area contributed by atoms with Gasteiger partial charge in [-0.1, -0.05) is 23.2 Å². The number of benzene rings is 1. The summed E-state index contributed by atoms with van der Waals surface area (Å²) >= 11 is 11.6. The van der Waals surface area contributed by atoms with E-state index in [4.69, 9.17) is 27.9 Å². The van der Waals surface area contributed by atoms with E-state index < -0.39 is 0 Å². The molecule has 0 aliphatic carbocycles. The molecule has 0 saturated carbocycles. The fourth-order valence-corrected chi connectivity index (χ4v) is 1.69. The number of Topliss-reactive ketones (excluding diaryl/α,β-unsaturated/α-hetero) is 1. The molecule has 1 aliphatic rings. The van der Waals surface area contributed by atoms with Crippen LogP contribution in [0.1, 0.15) is 16.8 Å². The first kappa shape index (κ1) is 11.4. The zero-order chi connectivity index (χ0) is 11.5. The van der Waals surface area contributed by atoms with Gasteiger partial charge >= 0.3 is 0 Å². The fraction of sp³-hybridized carbons (Fsp3) is 0.273. The minimum atomic E-state index is -0.0702. The molecule has 0 bridgehead atoms. The number of hydrogen-bond donors (Lipinski definition) is 0. The van der Waals surface area contributed by atoms with Crippen LogP contribution in [0.25, 0.3) is 0 Å². The summed E-state index contributed by atoms with van der Waals surface area (Å²) in [6.45, 7) is 1.19. The summed E-state index contributed by atoms with van der Waals surface area (Å²) in [4.78, 5) is 15.9. The zero-order valence-electron chi connectivity index (χ0n) is 8.37. The van der Waals surface area contributed by atoms with Gasteiger partial charge in [-0.05, 0) is 18.2 Å². The van der Waals surface area contributed by atoms with Crippen LogP contribution in [-0.2, 0) is 4.74 Å². The number of hydrogen-bond acceptors (Lipinski definition) is 3. The van der Waals surface area contributed by atoms with Crippen molar-refractivity contribution in [1.29, 1.82) is 0 Å². The minimum absolute atomic E-state index is 0.0702. The first-order valence-electron chi connectivity index (χ1n) is 4.81. The number of carbonyl (C=O) groups is 1. The van der Waals surface area contributed by atoms with E-state index in [2.05, 4.69) is 4.99 Å². The maximum absolute atomic E-state index is 11.8. The summed E-state index contributed by atoms with van der Waals surface area (Å²) in [7, 11) is 0. The van der Waals surface area contributed by atoms with Gasteiger partial charge < -0.3 is 4.74 Å². The van der Waals surface area contributed by atoms with Crippen LogP contribution in [0.5, 0.6) is 0 Å². The van der Waals surface area contributed by atoms with Gasteiger partial charge in [-0.2, -0.15) is 0 Å². The lowest BCUT2D eigenvalue weighted by Gasteiger charge is -2.03. The molecule has 5 heteroatoms. The smallest absolute Gasteiger partial charge is 0.191 e. The molecule has 1 aromatic rings. The van der Waals surface area contributed by atoms with E-state index in [9.17, 15) is 4.79 Å². The molecule has 0 saturated heterocycles. The Balaban J connectivity index is 2.11. The highest BCUT2D eigenvalue weighted by Gasteiger charge is 2.15. The average Bonchev–Trinajstić information content (AvgIpc) is 2.74.